The van der Waals surface area contributed by atoms with Gasteiger partial charge in [0.25, 0.3) is 0 Å². The Hall–Kier alpha value is -2.77. The fourth-order valence-electron chi connectivity index (χ4n) is 7.85. The molecule has 2 fully saturated rings. The van der Waals surface area contributed by atoms with E-state index in [0.717, 1.165) is 73.5 Å². The molecule has 3 aromatic rings. The van der Waals surface area contributed by atoms with Crippen molar-refractivity contribution >= 4 is 17.3 Å². The molecule has 6 nitrogen and oxygen atoms in total. The number of aliphatic hydroxyl groups excluding tert-OH is 1. The molecule has 6 rings (SSSR count). The zero-order chi connectivity index (χ0) is 30.3. The van der Waals surface area contributed by atoms with Gasteiger partial charge in [0.1, 0.15) is 0 Å². The van der Waals surface area contributed by atoms with E-state index in [1.807, 2.05) is 32.9 Å². The van der Waals surface area contributed by atoms with Gasteiger partial charge in [-0.1, -0.05) is 35.9 Å². The largest absolute Gasteiger partial charge is 0.493 e. The molecule has 0 aromatic heterocycles. The third-order valence-corrected chi connectivity index (χ3v) is 10.3. The number of aliphatic hydroxyl groups is 2. The summed E-state index contributed by atoms with van der Waals surface area (Å²) in [5.74, 6) is 1.71. The summed E-state index contributed by atoms with van der Waals surface area (Å²) in [6.07, 6.45) is 5.17. The molecule has 0 amide bonds. The van der Waals surface area contributed by atoms with Crippen LogP contribution < -0.4 is 14.4 Å². The lowest BCUT2D eigenvalue weighted by atomic mass is 9.75. The molecular weight excluding hydrogens is 560 g/mol. The van der Waals surface area contributed by atoms with E-state index < -0.39 is 5.60 Å². The average Bonchev–Trinajstić information content (AvgIpc) is 3.22. The van der Waals surface area contributed by atoms with Crippen molar-refractivity contribution in [3.63, 3.8) is 0 Å². The second-order valence-corrected chi connectivity index (χ2v) is 13.4. The van der Waals surface area contributed by atoms with Gasteiger partial charge in [-0.25, -0.2) is 0 Å². The maximum absolute atomic E-state index is 11.9. The smallest absolute Gasteiger partial charge is 0.161 e. The van der Waals surface area contributed by atoms with Crippen molar-refractivity contribution < 1.29 is 19.7 Å². The number of halogens is 1. The van der Waals surface area contributed by atoms with Gasteiger partial charge >= 0.3 is 0 Å². The maximum atomic E-state index is 11.9. The summed E-state index contributed by atoms with van der Waals surface area (Å²) in [5.41, 5.74) is 4.79. The van der Waals surface area contributed by atoms with Crippen LogP contribution in [0.4, 0.5) is 5.69 Å². The van der Waals surface area contributed by atoms with E-state index >= 15 is 0 Å². The number of benzene rings is 3. The Balaban J connectivity index is 1.31. The van der Waals surface area contributed by atoms with Crippen LogP contribution in [0.1, 0.15) is 74.8 Å². The Morgan fingerprint density at radius 2 is 1.65 bits per heavy atom. The number of nitrogens with zero attached hydrogens (tertiary/aromatic N) is 2. The van der Waals surface area contributed by atoms with E-state index in [4.69, 9.17) is 21.1 Å². The van der Waals surface area contributed by atoms with Crippen molar-refractivity contribution in [2.45, 2.75) is 82.7 Å². The summed E-state index contributed by atoms with van der Waals surface area (Å²) < 4.78 is 11.9. The second kappa shape index (κ2) is 12.3. The van der Waals surface area contributed by atoms with Gasteiger partial charge in [0, 0.05) is 35.9 Å². The van der Waals surface area contributed by atoms with Crippen molar-refractivity contribution in [1.82, 2.24) is 4.90 Å². The second-order valence-electron chi connectivity index (χ2n) is 13.0. The summed E-state index contributed by atoms with van der Waals surface area (Å²) in [4.78, 5) is 4.91. The number of fused-ring (bicyclic) bond motifs is 3. The van der Waals surface area contributed by atoms with Crippen LogP contribution >= 0.6 is 11.6 Å². The van der Waals surface area contributed by atoms with E-state index in [0.29, 0.717) is 17.1 Å². The molecule has 3 aliphatic heterocycles. The van der Waals surface area contributed by atoms with Crippen LogP contribution in [-0.2, 0) is 12.0 Å². The van der Waals surface area contributed by atoms with Crippen LogP contribution in [0.3, 0.4) is 0 Å². The van der Waals surface area contributed by atoms with Crippen LogP contribution in [0.5, 0.6) is 11.5 Å². The zero-order valence-electron chi connectivity index (χ0n) is 25.8. The van der Waals surface area contributed by atoms with Crippen LogP contribution in [0.2, 0.25) is 5.02 Å². The summed E-state index contributed by atoms with van der Waals surface area (Å²) in [5, 5.41) is 22.2. The number of methoxy groups -OCH3 is 1. The Labute approximate surface area is 261 Å². The van der Waals surface area contributed by atoms with E-state index in [1.54, 1.807) is 7.11 Å². The molecule has 0 radical (unpaired) electrons. The topological polar surface area (TPSA) is 65.4 Å². The highest BCUT2D eigenvalue weighted by Crippen LogP contribution is 2.47. The SMILES string of the molecule is COc1cc2c(cc1OC(C)C)[C@H](c1ccc(Cl)cc1)N(c1ccc(C(C)(O)C3CC4CCC(C3)N4CCO)cc1)CC2. The van der Waals surface area contributed by atoms with Gasteiger partial charge < -0.3 is 24.6 Å². The summed E-state index contributed by atoms with van der Waals surface area (Å²) in [7, 11) is 1.69. The van der Waals surface area contributed by atoms with Gasteiger partial charge in [0.2, 0.25) is 0 Å². The zero-order valence-corrected chi connectivity index (χ0v) is 26.6. The summed E-state index contributed by atoms with van der Waals surface area (Å²) in [6.45, 7) is 7.84. The van der Waals surface area contributed by atoms with Gasteiger partial charge in [-0.15, -0.1) is 0 Å². The minimum Gasteiger partial charge on any atom is -0.493 e. The maximum Gasteiger partial charge on any atom is 0.161 e. The van der Waals surface area contributed by atoms with Crippen LogP contribution in [0.25, 0.3) is 0 Å². The molecule has 0 saturated carbocycles. The standard InChI is InChI=1S/C36H45ClN2O4/c1-23(2)43-34-22-32-25(19-33(34)42-4)15-16-39(35(32)24-5-9-28(37)10-6-24)29-11-7-26(8-12-29)36(3,41)27-20-30-13-14-31(21-27)38(30)17-18-40/h5-12,19,22-23,27,30-31,35,40-41H,13-18,20-21H2,1-4H3/t27?,30?,31?,35-,36?/m0/s1. The lowest BCUT2D eigenvalue weighted by molar-refractivity contribution is -0.0524. The minimum absolute atomic E-state index is 0.0260. The van der Waals surface area contributed by atoms with Gasteiger partial charge in [-0.05, 0) is 117 Å². The molecule has 2 bridgehead atoms. The first kappa shape index (κ1) is 30.3. The highest BCUT2D eigenvalue weighted by atomic mass is 35.5. The number of hydrogen-bond acceptors (Lipinski definition) is 6. The molecule has 2 saturated heterocycles. The molecule has 3 unspecified atom stereocenters. The molecule has 3 aliphatic rings. The third-order valence-electron chi connectivity index (χ3n) is 10.0. The van der Waals surface area contributed by atoms with Gasteiger partial charge in [-0.3, -0.25) is 4.90 Å². The van der Waals surface area contributed by atoms with Gasteiger partial charge in [-0.2, -0.15) is 0 Å². The van der Waals surface area contributed by atoms with Crippen molar-refractivity contribution in [1.29, 1.82) is 0 Å². The van der Waals surface area contributed by atoms with E-state index in [1.165, 1.54) is 11.1 Å². The average molecular weight is 605 g/mol. The molecule has 0 aliphatic carbocycles. The molecule has 0 spiro atoms. The number of hydrogen-bond donors (Lipinski definition) is 2. The Morgan fingerprint density at radius 3 is 2.26 bits per heavy atom. The highest BCUT2D eigenvalue weighted by molar-refractivity contribution is 6.30. The number of rotatable bonds is 9. The summed E-state index contributed by atoms with van der Waals surface area (Å²) >= 11 is 6.31. The van der Waals surface area contributed by atoms with Crippen molar-refractivity contribution in [2.24, 2.45) is 5.92 Å². The summed E-state index contributed by atoms with van der Waals surface area (Å²) in [6, 6.07) is 21.9. The molecular formula is C36H45ClN2O4. The lowest BCUT2D eigenvalue weighted by Gasteiger charge is -2.44. The Morgan fingerprint density at radius 1 is 0.977 bits per heavy atom. The van der Waals surface area contributed by atoms with E-state index in [-0.39, 0.29) is 24.7 Å². The predicted octanol–water partition coefficient (Wildman–Crippen LogP) is 6.73. The van der Waals surface area contributed by atoms with E-state index in [9.17, 15) is 10.2 Å². The number of ether oxygens (including phenoxy) is 2. The van der Waals surface area contributed by atoms with Crippen LogP contribution in [0.15, 0.2) is 60.7 Å². The molecule has 3 aromatic carbocycles. The number of anilines is 1. The fourth-order valence-corrected chi connectivity index (χ4v) is 7.98. The minimum atomic E-state index is -0.908. The normalized spacial score (nSPS) is 25.0. The highest BCUT2D eigenvalue weighted by Gasteiger charge is 2.46. The van der Waals surface area contributed by atoms with Gasteiger partial charge in [0.05, 0.1) is 31.5 Å². The van der Waals surface area contributed by atoms with E-state index in [2.05, 4.69) is 58.3 Å². The molecule has 230 valence electrons. The van der Waals surface area contributed by atoms with Crippen molar-refractivity contribution in [3.05, 3.63) is 87.9 Å². The van der Waals surface area contributed by atoms with Crippen LogP contribution in [0, 0.1) is 5.92 Å². The quantitative estimate of drug-likeness (QED) is 0.282. The molecule has 43 heavy (non-hydrogen) atoms. The Bertz CT molecular complexity index is 1390. The van der Waals surface area contributed by atoms with Crippen molar-refractivity contribution in [2.75, 3.05) is 31.7 Å². The first-order valence-corrected chi connectivity index (χ1v) is 16.2. The third kappa shape index (κ3) is 5.87. The lowest BCUT2D eigenvalue weighted by Crippen LogP contribution is -2.48. The monoisotopic (exact) mass is 604 g/mol. The van der Waals surface area contributed by atoms with Crippen molar-refractivity contribution in [3.8, 4) is 11.5 Å². The van der Waals surface area contributed by atoms with Gasteiger partial charge in [0.15, 0.2) is 11.5 Å². The first-order chi connectivity index (χ1) is 20.7. The Kier molecular flexibility index (Phi) is 8.67. The predicted molar refractivity (Wildman–Crippen MR) is 172 cm³/mol. The molecule has 7 heteroatoms. The first-order valence-electron chi connectivity index (χ1n) is 15.8. The molecule has 2 N–H and O–H groups in total. The fraction of sp³-hybridized carbons (Fsp3) is 0.500. The van der Waals surface area contributed by atoms with Crippen LogP contribution in [-0.4, -0.2) is 60.1 Å². The molecule has 3 heterocycles. The number of piperidine rings is 1. The molecule has 4 atom stereocenters.